The molecule has 0 bridgehead atoms. The SMILES string of the molecule is COCCn1nc(C)c(CN[C@H](C)c2cccc(O)c2)c1C. The standard InChI is InChI=1S/C17H25N3O2/c1-12(15-6-5-7-16(21)10-15)18-11-17-13(2)19-20(14(17)3)8-9-22-4/h5-7,10,12,18,21H,8-9,11H2,1-4H3/t12-/m1/s1. The summed E-state index contributed by atoms with van der Waals surface area (Å²) in [4.78, 5) is 0. The second-order valence-corrected chi connectivity index (χ2v) is 5.56. The first-order valence-corrected chi connectivity index (χ1v) is 7.57. The van der Waals surface area contributed by atoms with E-state index < -0.39 is 0 Å². The Hall–Kier alpha value is -1.85. The van der Waals surface area contributed by atoms with Gasteiger partial charge in [-0.15, -0.1) is 0 Å². The maximum Gasteiger partial charge on any atom is 0.115 e. The van der Waals surface area contributed by atoms with Gasteiger partial charge in [-0.2, -0.15) is 5.10 Å². The minimum absolute atomic E-state index is 0.160. The van der Waals surface area contributed by atoms with Crippen LogP contribution >= 0.6 is 0 Å². The smallest absolute Gasteiger partial charge is 0.115 e. The molecule has 0 amide bonds. The maximum atomic E-state index is 9.57. The quantitative estimate of drug-likeness (QED) is 0.825. The van der Waals surface area contributed by atoms with Gasteiger partial charge in [-0.25, -0.2) is 0 Å². The summed E-state index contributed by atoms with van der Waals surface area (Å²) < 4.78 is 7.11. The van der Waals surface area contributed by atoms with Crippen LogP contribution in [0.1, 0.15) is 35.5 Å². The molecule has 1 heterocycles. The first-order chi connectivity index (χ1) is 10.5. The fraction of sp³-hybridized carbons (Fsp3) is 0.471. The number of hydrogen-bond donors (Lipinski definition) is 2. The number of phenols is 1. The number of aromatic nitrogens is 2. The number of nitrogens with one attached hydrogen (secondary N) is 1. The van der Waals surface area contributed by atoms with E-state index >= 15 is 0 Å². The van der Waals surface area contributed by atoms with Crippen molar-refractivity contribution >= 4 is 0 Å². The first kappa shape index (κ1) is 16.5. The number of phenolic OH excluding ortho intramolecular Hbond substituents is 1. The largest absolute Gasteiger partial charge is 0.508 e. The molecule has 2 aromatic rings. The zero-order valence-electron chi connectivity index (χ0n) is 13.8. The number of methoxy groups -OCH3 is 1. The molecule has 0 aliphatic heterocycles. The minimum atomic E-state index is 0.160. The average Bonchev–Trinajstić information content (AvgIpc) is 2.77. The maximum absolute atomic E-state index is 9.57. The van der Waals surface area contributed by atoms with Crippen molar-refractivity contribution in [2.45, 2.75) is 39.9 Å². The van der Waals surface area contributed by atoms with Gasteiger partial charge in [0.05, 0.1) is 18.8 Å². The Balaban J connectivity index is 2.03. The van der Waals surface area contributed by atoms with Crippen molar-refractivity contribution in [3.8, 4) is 5.75 Å². The van der Waals surface area contributed by atoms with E-state index in [2.05, 4.69) is 24.3 Å². The highest BCUT2D eigenvalue weighted by atomic mass is 16.5. The molecule has 0 unspecified atom stereocenters. The minimum Gasteiger partial charge on any atom is -0.508 e. The molecular weight excluding hydrogens is 278 g/mol. The Morgan fingerprint density at radius 1 is 1.36 bits per heavy atom. The molecule has 5 nitrogen and oxygen atoms in total. The first-order valence-electron chi connectivity index (χ1n) is 7.57. The van der Waals surface area contributed by atoms with E-state index in [0.29, 0.717) is 12.4 Å². The van der Waals surface area contributed by atoms with Crippen LogP contribution in [0.25, 0.3) is 0 Å². The molecule has 120 valence electrons. The van der Waals surface area contributed by atoms with Gasteiger partial charge in [0.2, 0.25) is 0 Å². The third-order valence-electron chi connectivity index (χ3n) is 3.99. The summed E-state index contributed by atoms with van der Waals surface area (Å²) in [7, 11) is 1.70. The lowest BCUT2D eigenvalue weighted by atomic mass is 10.1. The summed E-state index contributed by atoms with van der Waals surface area (Å²) in [6.07, 6.45) is 0. The highest BCUT2D eigenvalue weighted by molar-refractivity contribution is 5.29. The number of hydrogen-bond acceptors (Lipinski definition) is 4. The number of rotatable bonds is 7. The predicted octanol–water partition coefficient (Wildman–Crippen LogP) is 2.70. The van der Waals surface area contributed by atoms with Crippen molar-refractivity contribution < 1.29 is 9.84 Å². The summed E-state index contributed by atoms with van der Waals surface area (Å²) >= 11 is 0. The molecule has 5 heteroatoms. The van der Waals surface area contributed by atoms with E-state index in [9.17, 15) is 5.11 Å². The van der Waals surface area contributed by atoms with Gasteiger partial charge in [0.25, 0.3) is 0 Å². The highest BCUT2D eigenvalue weighted by Crippen LogP contribution is 2.19. The van der Waals surface area contributed by atoms with Gasteiger partial charge in [-0.05, 0) is 38.5 Å². The monoisotopic (exact) mass is 303 g/mol. The molecular formula is C17H25N3O2. The number of aryl methyl sites for hydroxylation is 1. The van der Waals surface area contributed by atoms with E-state index in [4.69, 9.17) is 4.74 Å². The van der Waals surface area contributed by atoms with Crippen LogP contribution in [0, 0.1) is 13.8 Å². The van der Waals surface area contributed by atoms with Crippen molar-refractivity contribution in [1.29, 1.82) is 0 Å². The Morgan fingerprint density at radius 3 is 2.82 bits per heavy atom. The molecule has 22 heavy (non-hydrogen) atoms. The topological polar surface area (TPSA) is 59.3 Å². The van der Waals surface area contributed by atoms with Gasteiger partial charge in [-0.1, -0.05) is 12.1 Å². The van der Waals surface area contributed by atoms with Gasteiger partial charge in [0.1, 0.15) is 5.75 Å². The molecule has 0 saturated carbocycles. The number of ether oxygens (including phenoxy) is 1. The van der Waals surface area contributed by atoms with Gasteiger partial charge < -0.3 is 15.2 Å². The van der Waals surface area contributed by atoms with Crippen molar-refractivity contribution in [3.63, 3.8) is 0 Å². The summed E-state index contributed by atoms with van der Waals surface area (Å²) in [5.74, 6) is 0.297. The summed E-state index contributed by atoms with van der Waals surface area (Å²) in [6.45, 7) is 8.40. The lowest BCUT2D eigenvalue weighted by molar-refractivity contribution is 0.182. The second kappa shape index (κ2) is 7.42. The number of benzene rings is 1. The molecule has 0 spiro atoms. The van der Waals surface area contributed by atoms with E-state index in [1.54, 1.807) is 19.2 Å². The number of nitrogens with zero attached hydrogens (tertiary/aromatic N) is 2. The van der Waals surface area contributed by atoms with E-state index in [1.165, 1.54) is 11.3 Å². The molecule has 1 aromatic heterocycles. The Bertz CT molecular complexity index is 622. The molecule has 0 aliphatic rings. The highest BCUT2D eigenvalue weighted by Gasteiger charge is 2.13. The van der Waals surface area contributed by atoms with Crippen molar-refractivity contribution in [2.75, 3.05) is 13.7 Å². The Labute approximate surface area is 131 Å². The predicted molar refractivity (Wildman–Crippen MR) is 86.9 cm³/mol. The average molecular weight is 303 g/mol. The lowest BCUT2D eigenvalue weighted by Crippen LogP contribution is -2.19. The van der Waals surface area contributed by atoms with Crippen LogP contribution in [0.5, 0.6) is 5.75 Å². The number of aromatic hydroxyl groups is 1. The molecule has 2 N–H and O–H groups in total. The third kappa shape index (κ3) is 3.87. The van der Waals surface area contributed by atoms with E-state index in [1.807, 2.05) is 23.7 Å². The van der Waals surface area contributed by atoms with Crippen LogP contribution in [0.3, 0.4) is 0 Å². The van der Waals surface area contributed by atoms with Gasteiger partial charge in [0, 0.05) is 31.0 Å². The van der Waals surface area contributed by atoms with Crippen LogP contribution < -0.4 is 5.32 Å². The molecule has 0 saturated heterocycles. The van der Waals surface area contributed by atoms with E-state index in [0.717, 1.165) is 24.3 Å². The van der Waals surface area contributed by atoms with Crippen LogP contribution in [-0.2, 0) is 17.8 Å². The normalized spacial score (nSPS) is 12.5. The fourth-order valence-electron chi connectivity index (χ4n) is 2.55. The summed E-state index contributed by atoms with van der Waals surface area (Å²) in [5.41, 5.74) is 4.51. The van der Waals surface area contributed by atoms with Crippen molar-refractivity contribution in [2.24, 2.45) is 0 Å². The van der Waals surface area contributed by atoms with E-state index in [-0.39, 0.29) is 6.04 Å². The Morgan fingerprint density at radius 2 is 2.14 bits per heavy atom. The molecule has 0 aliphatic carbocycles. The van der Waals surface area contributed by atoms with Crippen LogP contribution in [0.4, 0.5) is 0 Å². The molecule has 1 aromatic carbocycles. The van der Waals surface area contributed by atoms with Crippen molar-refractivity contribution in [1.82, 2.24) is 15.1 Å². The van der Waals surface area contributed by atoms with Gasteiger partial charge >= 0.3 is 0 Å². The fourth-order valence-corrected chi connectivity index (χ4v) is 2.55. The molecule has 0 fully saturated rings. The lowest BCUT2D eigenvalue weighted by Gasteiger charge is -2.15. The van der Waals surface area contributed by atoms with Crippen molar-refractivity contribution in [3.05, 3.63) is 46.8 Å². The van der Waals surface area contributed by atoms with Gasteiger partial charge in [0.15, 0.2) is 0 Å². The Kier molecular flexibility index (Phi) is 5.57. The van der Waals surface area contributed by atoms with Crippen LogP contribution in [0.15, 0.2) is 24.3 Å². The summed E-state index contributed by atoms with van der Waals surface area (Å²) in [5, 5.41) is 17.6. The zero-order valence-corrected chi connectivity index (χ0v) is 13.8. The zero-order chi connectivity index (χ0) is 16.1. The van der Waals surface area contributed by atoms with Crippen LogP contribution in [-0.4, -0.2) is 28.6 Å². The second-order valence-electron chi connectivity index (χ2n) is 5.56. The summed E-state index contributed by atoms with van der Waals surface area (Å²) in [6, 6.07) is 7.51. The third-order valence-corrected chi connectivity index (χ3v) is 3.99. The molecule has 0 radical (unpaired) electrons. The molecule has 1 atom stereocenters. The molecule has 2 rings (SSSR count). The van der Waals surface area contributed by atoms with Gasteiger partial charge in [-0.3, -0.25) is 4.68 Å². The van der Waals surface area contributed by atoms with Crippen LogP contribution in [0.2, 0.25) is 0 Å².